The van der Waals surface area contributed by atoms with Crippen LogP contribution in [0.5, 0.6) is 0 Å². The number of rotatable bonds is 3. The van der Waals surface area contributed by atoms with Gasteiger partial charge in [-0.15, -0.1) is 0 Å². The van der Waals surface area contributed by atoms with E-state index in [1.807, 2.05) is 6.26 Å². The Morgan fingerprint density at radius 3 is 2.00 bits per heavy atom. The molecule has 1 atom stereocenters. The number of aldehydes is 1. The van der Waals surface area contributed by atoms with Gasteiger partial charge in [0.25, 0.3) is 0 Å². The number of thioether (sulfide) groups is 1. The van der Waals surface area contributed by atoms with Crippen molar-refractivity contribution < 1.29 is 4.79 Å². The lowest BCUT2D eigenvalue weighted by Gasteiger charge is -2.08. The number of hydrogen-bond acceptors (Lipinski definition) is 2. The van der Waals surface area contributed by atoms with Gasteiger partial charge in [-0.2, -0.15) is 11.8 Å². The van der Waals surface area contributed by atoms with E-state index in [-0.39, 0.29) is 5.25 Å². The molecule has 0 aliphatic heterocycles. The zero-order chi connectivity index (χ0) is 6.57. The second-order valence-corrected chi connectivity index (χ2v) is 3.10. The fourth-order valence-electron chi connectivity index (χ4n) is 0.485. The normalized spacial score (nSPS) is 14.0. The largest absolute Gasteiger partial charge is 0.302 e. The molecule has 0 N–H and O–H groups in total. The summed E-state index contributed by atoms with van der Waals surface area (Å²) in [7, 11) is 0. The van der Waals surface area contributed by atoms with Gasteiger partial charge in [-0.25, -0.2) is 0 Å². The third kappa shape index (κ3) is 2.36. The third-order valence-electron chi connectivity index (χ3n) is 1.06. The van der Waals surface area contributed by atoms with Gasteiger partial charge in [-0.05, 0) is 12.2 Å². The molecule has 0 rings (SSSR count). The summed E-state index contributed by atoms with van der Waals surface area (Å²) in [5, 5.41) is 0.190. The predicted octanol–water partition coefficient (Wildman–Crippen LogP) is 1.57. The summed E-state index contributed by atoms with van der Waals surface area (Å²) >= 11 is 1.61. The Bertz CT molecular complexity index is 70.9. The maximum atomic E-state index is 10.2. The minimum Gasteiger partial charge on any atom is -0.302 e. The molecular weight excluding hydrogens is 120 g/mol. The van der Waals surface area contributed by atoms with E-state index in [1.54, 1.807) is 11.8 Å². The van der Waals surface area contributed by atoms with E-state index in [4.69, 9.17) is 0 Å². The zero-order valence-corrected chi connectivity index (χ0v) is 6.37. The van der Waals surface area contributed by atoms with Gasteiger partial charge in [0.2, 0.25) is 0 Å². The molecule has 0 aromatic rings. The molecule has 0 bridgehead atoms. The van der Waals surface area contributed by atoms with Crippen LogP contribution >= 0.6 is 11.8 Å². The molecule has 48 valence electrons. The Labute approximate surface area is 54.8 Å². The van der Waals surface area contributed by atoms with Crippen molar-refractivity contribution in [3.05, 3.63) is 0 Å². The average molecular weight is 132 g/mol. The van der Waals surface area contributed by atoms with Crippen molar-refractivity contribution in [2.75, 3.05) is 6.26 Å². The van der Waals surface area contributed by atoms with E-state index in [0.717, 1.165) is 6.29 Å². The van der Waals surface area contributed by atoms with Crippen LogP contribution in [0.25, 0.3) is 0 Å². The molecule has 0 aliphatic carbocycles. The lowest BCUT2D eigenvalue weighted by atomic mass is 10.1. The highest BCUT2D eigenvalue weighted by atomic mass is 32.2. The van der Waals surface area contributed by atoms with Crippen molar-refractivity contribution in [1.82, 2.24) is 0 Å². The molecule has 0 fully saturated rings. The van der Waals surface area contributed by atoms with Gasteiger partial charge in [-0.3, -0.25) is 0 Å². The fourth-order valence-corrected chi connectivity index (χ4v) is 1.14. The number of hydrogen-bond donors (Lipinski definition) is 0. The summed E-state index contributed by atoms with van der Waals surface area (Å²) in [5.41, 5.74) is 0. The Morgan fingerprint density at radius 1 is 1.50 bits per heavy atom. The Morgan fingerprint density at radius 2 is 2.00 bits per heavy atom. The van der Waals surface area contributed by atoms with Gasteiger partial charge < -0.3 is 4.79 Å². The minimum absolute atomic E-state index is 0.190. The second kappa shape index (κ2) is 3.96. The maximum absolute atomic E-state index is 10.2. The molecule has 0 saturated carbocycles. The average Bonchev–Trinajstić information content (AvgIpc) is 1.69. The van der Waals surface area contributed by atoms with E-state index in [0.29, 0.717) is 5.92 Å². The summed E-state index contributed by atoms with van der Waals surface area (Å²) in [4.78, 5) is 10.2. The molecule has 0 saturated heterocycles. The van der Waals surface area contributed by atoms with Gasteiger partial charge in [-0.1, -0.05) is 13.8 Å². The van der Waals surface area contributed by atoms with E-state index in [2.05, 4.69) is 13.8 Å². The summed E-state index contributed by atoms with van der Waals surface area (Å²) in [6, 6.07) is 0. The quantitative estimate of drug-likeness (QED) is 0.542. The minimum atomic E-state index is 0.190. The predicted molar refractivity (Wildman–Crippen MR) is 38.2 cm³/mol. The van der Waals surface area contributed by atoms with Crippen LogP contribution in [0.3, 0.4) is 0 Å². The molecule has 0 radical (unpaired) electrons. The SMILES string of the molecule is CS[C@H](C=O)C(C)C. The summed E-state index contributed by atoms with van der Waals surface area (Å²) in [6.45, 7) is 4.10. The maximum Gasteiger partial charge on any atom is 0.133 e. The van der Waals surface area contributed by atoms with Crippen molar-refractivity contribution in [2.45, 2.75) is 19.1 Å². The van der Waals surface area contributed by atoms with Crippen LogP contribution < -0.4 is 0 Å². The molecule has 2 heteroatoms. The van der Waals surface area contributed by atoms with E-state index in [9.17, 15) is 4.79 Å². The first-order valence-electron chi connectivity index (χ1n) is 2.70. The monoisotopic (exact) mass is 132 g/mol. The smallest absolute Gasteiger partial charge is 0.133 e. The highest BCUT2D eigenvalue weighted by Gasteiger charge is 2.08. The van der Waals surface area contributed by atoms with Gasteiger partial charge in [0.1, 0.15) is 6.29 Å². The Hall–Kier alpha value is 0.0200. The number of carbonyl (C=O) groups is 1. The van der Waals surface area contributed by atoms with Crippen LogP contribution in [-0.2, 0) is 4.79 Å². The lowest BCUT2D eigenvalue weighted by Crippen LogP contribution is -2.11. The fraction of sp³-hybridized carbons (Fsp3) is 0.833. The first-order valence-corrected chi connectivity index (χ1v) is 3.99. The zero-order valence-electron chi connectivity index (χ0n) is 5.55. The van der Waals surface area contributed by atoms with Gasteiger partial charge in [0.15, 0.2) is 0 Å². The molecule has 0 amide bonds. The van der Waals surface area contributed by atoms with E-state index < -0.39 is 0 Å². The molecule has 0 aromatic heterocycles. The molecule has 0 aromatic carbocycles. The van der Waals surface area contributed by atoms with E-state index >= 15 is 0 Å². The third-order valence-corrected chi connectivity index (χ3v) is 2.26. The number of carbonyl (C=O) groups excluding carboxylic acids is 1. The molecular formula is C6H12OS. The summed E-state index contributed by atoms with van der Waals surface area (Å²) in [5.74, 6) is 0.475. The molecule has 0 heterocycles. The van der Waals surface area contributed by atoms with Crippen LogP contribution in [0.1, 0.15) is 13.8 Å². The Balaban J connectivity index is 3.51. The summed E-state index contributed by atoms with van der Waals surface area (Å²) in [6.07, 6.45) is 2.97. The highest BCUT2D eigenvalue weighted by molar-refractivity contribution is 7.99. The molecule has 1 nitrogen and oxygen atoms in total. The van der Waals surface area contributed by atoms with E-state index in [1.165, 1.54) is 0 Å². The van der Waals surface area contributed by atoms with Crippen LogP contribution in [0.2, 0.25) is 0 Å². The van der Waals surface area contributed by atoms with Crippen LogP contribution in [0.4, 0.5) is 0 Å². The highest BCUT2D eigenvalue weighted by Crippen LogP contribution is 2.12. The first kappa shape index (κ1) is 8.02. The molecule has 8 heavy (non-hydrogen) atoms. The first-order chi connectivity index (χ1) is 3.72. The molecule has 0 aliphatic rings. The van der Waals surface area contributed by atoms with Gasteiger partial charge in [0.05, 0.1) is 5.25 Å². The van der Waals surface area contributed by atoms with Gasteiger partial charge in [0, 0.05) is 0 Å². The van der Waals surface area contributed by atoms with Crippen molar-refractivity contribution in [3.63, 3.8) is 0 Å². The van der Waals surface area contributed by atoms with Crippen molar-refractivity contribution >= 4 is 18.0 Å². The second-order valence-electron chi connectivity index (χ2n) is 2.08. The molecule has 0 unspecified atom stereocenters. The van der Waals surface area contributed by atoms with Gasteiger partial charge >= 0.3 is 0 Å². The van der Waals surface area contributed by atoms with Crippen LogP contribution in [0, 0.1) is 5.92 Å². The van der Waals surface area contributed by atoms with Crippen LogP contribution in [-0.4, -0.2) is 17.8 Å². The van der Waals surface area contributed by atoms with Crippen molar-refractivity contribution in [3.8, 4) is 0 Å². The lowest BCUT2D eigenvalue weighted by molar-refractivity contribution is -0.107. The van der Waals surface area contributed by atoms with Crippen molar-refractivity contribution in [1.29, 1.82) is 0 Å². The van der Waals surface area contributed by atoms with Crippen LogP contribution in [0.15, 0.2) is 0 Å². The Kier molecular flexibility index (Phi) is 3.97. The molecule has 0 spiro atoms. The standard InChI is InChI=1S/C6H12OS/c1-5(2)6(4-7)8-3/h4-6H,1-3H3/t6-/m1/s1. The topological polar surface area (TPSA) is 17.1 Å². The van der Waals surface area contributed by atoms with Crippen molar-refractivity contribution in [2.24, 2.45) is 5.92 Å². The summed E-state index contributed by atoms with van der Waals surface area (Å²) < 4.78 is 0.